The van der Waals surface area contributed by atoms with Gasteiger partial charge in [-0.15, -0.1) is 0 Å². The quantitative estimate of drug-likeness (QED) is 0.849. The first-order valence-corrected chi connectivity index (χ1v) is 9.37. The molecule has 0 bridgehead atoms. The van der Waals surface area contributed by atoms with Crippen LogP contribution in [0.5, 0.6) is 0 Å². The second-order valence-corrected chi connectivity index (χ2v) is 6.88. The highest BCUT2D eigenvalue weighted by molar-refractivity contribution is 7.99. The van der Waals surface area contributed by atoms with Gasteiger partial charge >= 0.3 is 0 Å². The van der Waals surface area contributed by atoms with Crippen LogP contribution in [0.15, 0.2) is 63.3 Å². The first-order chi connectivity index (χ1) is 16.3. The number of ether oxygens (including phenoxy) is 1. The number of amidine groups is 1. The average Bonchev–Trinajstić information content (AvgIpc) is 2.92. The molecular formula is C21H25N3O2S. The molecule has 142 valence electrons. The largest absolute Gasteiger partial charge is 0.394 e. The summed E-state index contributed by atoms with van der Waals surface area (Å²) < 4.78 is 72.1. The Labute approximate surface area is 175 Å². The molecule has 0 atom stereocenters. The van der Waals surface area contributed by atoms with Crippen molar-refractivity contribution in [2.24, 2.45) is 4.99 Å². The molecular weight excluding hydrogens is 358 g/mol. The van der Waals surface area contributed by atoms with Crippen LogP contribution in [0.2, 0.25) is 0 Å². The standard InChI is InChI=1S/C21H25N3O2S/c25-14-16-26-15-13-23-9-11-24(12-10-23)21-17-5-1-3-7-19(17)27-20-8-4-2-6-18(20)22-21/h1-8,25H,9-16H2/i9D2,10D2,13D2,15D2. The highest BCUT2D eigenvalue weighted by Gasteiger charge is 2.24. The number of aliphatic hydroxyl groups is 1. The molecule has 0 aliphatic carbocycles. The number of para-hydroxylation sites is 1. The lowest BCUT2D eigenvalue weighted by atomic mass is 10.1. The topological polar surface area (TPSA) is 48.3 Å². The van der Waals surface area contributed by atoms with E-state index in [9.17, 15) is 0 Å². The number of hydrogen-bond donors (Lipinski definition) is 1. The first kappa shape index (κ1) is 11.2. The van der Waals surface area contributed by atoms with Crippen molar-refractivity contribution in [3.8, 4) is 0 Å². The number of piperazine rings is 1. The van der Waals surface area contributed by atoms with Crippen molar-refractivity contribution < 1.29 is 20.8 Å². The number of aliphatic hydroxyl groups excluding tert-OH is 1. The molecule has 6 heteroatoms. The van der Waals surface area contributed by atoms with Gasteiger partial charge in [0.2, 0.25) is 0 Å². The third-order valence-electron chi connectivity index (χ3n) is 4.00. The number of nitrogens with zero attached hydrogens (tertiary/aromatic N) is 3. The Balaban J connectivity index is 1.76. The molecule has 4 rings (SSSR count). The molecule has 2 aliphatic heterocycles. The van der Waals surface area contributed by atoms with Crippen molar-refractivity contribution in [1.82, 2.24) is 9.80 Å². The molecule has 1 saturated heterocycles. The van der Waals surface area contributed by atoms with E-state index < -0.39 is 52.4 Å². The lowest BCUT2D eigenvalue weighted by Crippen LogP contribution is -2.49. The summed E-state index contributed by atoms with van der Waals surface area (Å²) in [6.07, 6.45) is 0. The lowest BCUT2D eigenvalue weighted by molar-refractivity contribution is 0.0652. The van der Waals surface area contributed by atoms with Gasteiger partial charge in [0.15, 0.2) is 0 Å². The minimum atomic E-state index is -3.20. The molecule has 2 aromatic carbocycles. The number of fused-ring (bicyclic) bond motifs is 2. The van der Waals surface area contributed by atoms with Crippen molar-refractivity contribution in [3.05, 3.63) is 54.1 Å². The molecule has 0 unspecified atom stereocenters. The zero-order valence-corrected chi connectivity index (χ0v) is 15.4. The highest BCUT2D eigenvalue weighted by atomic mass is 32.2. The van der Waals surface area contributed by atoms with Gasteiger partial charge in [-0.05, 0) is 18.2 Å². The van der Waals surface area contributed by atoms with E-state index in [1.165, 1.54) is 16.7 Å². The van der Waals surface area contributed by atoms with Crippen molar-refractivity contribution >= 4 is 23.3 Å². The molecule has 0 aromatic heterocycles. The Morgan fingerprint density at radius 1 is 1.11 bits per heavy atom. The van der Waals surface area contributed by atoms with Gasteiger partial charge in [-0.1, -0.05) is 42.1 Å². The van der Waals surface area contributed by atoms with E-state index in [1.807, 2.05) is 48.5 Å². The van der Waals surface area contributed by atoms with Gasteiger partial charge in [0, 0.05) is 56.2 Å². The maximum Gasteiger partial charge on any atom is 0.137 e. The summed E-state index contributed by atoms with van der Waals surface area (Å²) >= 11 is 1.50. The van der Waals surface area contributed by atoms with Gasteiger partial charge in [0.1, 0.15) is 5.84 Å². The molecule has 27 heavy (non-hydrogen) atoms. The number of aliphatic imine (C=N–C) groups is 1. The van der Waals surface area contributed by atoms with Crippen LogP contribution in [0.4, 0.5) is 5.69 Å². The Morgan fingerprint density at radius 3 is 2.67 bits per heavy atom. The minimum Gasteiger partial charge on any atom is -0.394 e. The third-order valence-corrected chi connectivity index (χ3v) is 5.14. The van der Waals surface area contributed by atoms with Gasteiger partial charge in [-0.25, -0.2) is 4.99 Å². The lowest BCUT2D eigenvalue weighted by Gasteiger charge is -2.36. The Kier molecular flexibility index (Phi) is 3.69. The van der Waals surface area contributed by atoms with E-state index in [0.29, 0.717) is 17.1 Å². The van der Waals surface area contributed by atoms with Crippen molar-refractivity contribution in [3.63, 3.8) is 0 Å². The van der Waals surface area contributed by atoms with Crippen LogP contribution in [0, 0.1) is 0 Å². The van der Waals surface area contributed by atoms with E-state index in [4.69, 9.17) is 25.8 Å². The molecule has 2 heterocycles. The van der Waals surface area contributed by atoms with E-state index >= 15 is 0 Å². The fourth-order valence-electron chi connectivity index (χ4n) is 2.74. The van der Waals surface area contributed by atoms with Crippen molar-refractivity contribution in [2.75, 3.05) is 52.4 Å². The van der Waals surface area contributed by atoms with E-state index in [1.54, 1.807) is 0 Å². The first-order valence-electron chi connectivity index (χ1n) is 12.6. The number of benzene rings is 2. The minimum absolute atomic E-state index is 0.257. The second kappa shape index (κ2) is 8.89. The maximum absolute atomic E-state index is 8.97. The van der Waals surface area contributed by atoms with E-state index in [0.717, 1.165) is 9.79 Å². The molecule has 1 N–H and O–H groups in total. The summed E-state index contributed by atoms with van der Waals surface area (Å²) in [7, 11) is 0. The van der Waals surface area contributed by atoms with Gasteiger partial charge in [0.05, 0.1) is 28.2 Å². The maximum atomic E-state index is 8.97. The molecule has 0 saturated carbocycles. The van der Waals surface area contributed by atoms with Gasteiger partial charge < -0.3 is 14.7 Å². The summed E-state index contributed by atoms with van der Waals surface area (Å²) in [4.78, 5) is 8.22. The summed E-state index contributed by atoms with van der Waals surface area (Å²) in [5, 5.41) is 8.97. The monoisotopic (exact) mass is 391 g/mol. The number of rotatable bonds is 5. The summed E-state index contributed by atoms with van der Waals surface area (Å²) in [6.45, 7) is -13.6. The normalized spacial score (nSPS) is 26.3. The van der Waals surface area contributed by atoms with Crippen LogP contribution in [-0.2, 0) is 4.74 Å². The average molecular weight is 392 g/mol. The molecule has 2 aromatic rings. The second-order valence-electron chi connectivity index (χ2n) is 5.79. The zero-order chi connectivity index (χ0) is 25.6. The molecule has 0 amide bonds. The van der Waals surface area contributed by atoms with Crippen LogP contribution >= 0.6 is 11.8 Å². The van der Waals surface area contributed by atoms with Crippen LogP contribution in [0.3, 0.4) is 0 Å². The van der Waals surface area contributed by atoms with Crippen LogP contribution < -0.4 is 0 Å². The van der Waals surface area contributed by atoms with Gasteiger partial charge in [-0.2, -0.15) is 0 Å². The van der Waals surface area contributed by atoms with Crippen LogP contribution in [0.25, 0.3) is 0 Å². The Hall–Kier alpha value is -1.86. The summed E-state index contributed by atoms with van der Waals surface area (Å²) in [5.74, 6) is 0.352. The predicted molar refractivity (Wildman–Crippen MR) is 109 cm³/mol. The fraction of sp³-hybridized carbons (Fsp3) is 0.381. The Bertz CT molecular complexity index is 1110. The Morgan fingerprint density at radius 2 is 1.85 bits per heavy atom. The highest BCUT2D eigenvalue weighted by Crippen LogP contribution is 2.40. The van der Waals surface area contributed by atoms with Crippen LogP contribution in [0.1, 0.15) is 16.5 Å². The van der Waals surface area contributed by atoms with Crippen molar-refractivity contribution in [2.45, 2.75) is 9.79 Å². The third kappa shape index (κ3) is 4.35. The van der Waals surface area contributed by atoms with E-state index in [-0.39, 0.29) is 4.90 Å². The molecule has 0 radical (unpaired) electrons. The van der Waals surface area contributed by atoms with Crippen LogP contribution in [-0.4, -0.2) is 73.1 Å². The summed E-state index contributed by atoms with van der Waals surface area (Å²) in [6, 6.07) is 14.9. The van der Waals surface area contributed by atoms with Crippen molar-refractivity contribution in [1.29, 1.82) is 0 Å². The predicted octanol–water partition coefficient (Wildman–Crippen LogP) is 2.86. The molecule has 5 nitrogen and oxygen atoms in total. The van der Waals surface area contributed by atoms with Gasteiger partial charge in [0.25, 0.3) is 0 Å². The summed E-state index contributed by atoms with van der Waals surface area (Å²) in [5.41, 5.74) is 1.34. The van der Waals surface area contributed by atoms with Gasteiger partial charge in [-0.3, -0.25) is 4.90 Å². The molecule has 1 fully saturated rings. The fourth-order valence-corrected chi connectivity index (χ4v) is 3.76. The SMILES string of the molecule is [2H]C1([2H])CN(C2=Nc3ccccc3Sc3ccccc32)CC([2H])([2H])N1C([2H])([2H])C([2H])([2H])OCCO. The smallest absolute Gasteiger partial charge is 0.137 e. The molecule has 0 spiro atoms. The van der Waals surface area contributed by atoms with E-state index in [2.05, 4.69) is 0 Å². The number of hydrogen-bond acceptors (Lipinski definition) is 6. The zero-order valence-electron chi connectivity index (χ0n) is 22.6. The molecule has 2 aliphatic rings.